The average Bonchev–Trinajstić information content (AvgIpc) is 3.32. The fraction of sp³-hybridized carbons (Fsp3) is 0.333. The molecular formula is C27H29F3N4O2S. The van der Waals surface area contributed by atoms with E-state index in [1.54, 1.807) is 25.6 Å². The number of nitrogens with one attached hydrogen (secondary N) is 1. The first-order valence-corrected chi connectivity index (χ1v) is 12.5. The van der Waals surface area contributed by atoms with Crippen molar-refractivity contribution in [3.8, 4) is 21.9 Å². The molecule has 0 saturated carbocycles. The Morgan fingerprint density at radius 1 is 1.03 bits per heavy atom. The first kappa shape index (κ1) is 26.7. The predicted molar refractivity (Wildman–Crippen MR) is 142 cm³/mol. The predicted octanol–water partition coefficient (Wildman–Crippen LogP) is 6.85. The van der Waals surface area contributed by atoms with Gasteiger partial charge in [0, 0.05) is 27.8 Å². The van der Waals surface area contributed by atoms with Gasteiger partial charge < -0.3 is 14.8 Å². The fourth-order valence-electron chi connectivity index (χ4n) is 4.24. The van der Waals surface area contributed by atoms with E-state index < -0.39 is 12.7 Å². The van der Waals surface area contributed by atoms with E-state index in [0.717, 1.165) is 31.8 Å². The summed E-state index contributed by atoms with van der Waals surface area (Å²) in [6.45, 7) is 3.12. The highest BCUT2D eigenvalue weighted by Gasteiger charge is 2.29. The van der Waals surface area contributed by atoms with Gasteiger partial charge in [0.1, 0.15) is 11.6 Å². The van der Waals surface area contributed by atoms with Gasteiger partial charge in [-0.2, -0.15) is 13.2 Å². The lowest BCUT2D eigenvalue weighted by Crippen LogP contribution is -2.30. The molecule has 4 aromatic rings. The van der Waals surface area contributed by atoms with Crippen LogP contribution >= 0.6 is 11.3 Å². The number of aryl methyl sites for hydroxylation is 1. The Labute approximate surface area is 218 Å². The number of rotatable bonds is 9. The average molecular weight is 531 g/mol. The van der Waals surface area contributed by atoms with Crippen LogP contribution in [-0.2, 0) is 6.54 Å². The number of nitrogens with zero attached hydrogens (tertiary/aromatic N) is 3. The maximum absolute atomic E-state index is 12.8. The van der Waals surface area contributed by atoms with Crippen molar-refractivity contribution in [2.45, 2.75) is 32.6 Å². The lowest BCUT2D eigenvalue weighted by Gasteiger charge is -2.20. The molecule has 37 heavy (non-hydrogen) atoms. The Hall–Kier alpha value is -3.37. The normalized spacial score (nSPS) is 12.7. The van der Waals surface area contributed by atoms with Crippen molar-refractivity contribution < 1.29 is 22.6 Å². The Morgan fingerprint density at radius 3 is 2.43 bits per heavy atom. The molecule has 0 aliphatic carbocycles. The summed E-state index contributed by atoms with van der Waals surface area (Å²) in [5, 5.41) is 4.31. The Bertz CT molecular complexity index is 1390. The van der Waals surface area contributed by atoms with Crippen LogP contribution in [-0.4, -0.2) is 48.9 Å². The number of alkyl halides is 3. The van der Waals surface area contributed by atoms with Crippen molar-refractivity contribution in [1.29, 1.82) is 0 Å². The van der Waals surface area contributed by atoms with E-state index in [9.17, 15) is 13.2 Å². The summed E-state index contributed by atoms with van der Waals surface area (Å²) in [5.74, 6) is 2.48. The molecule has 0 radical (unpaired) electrons. The highest BCUT2D eigenvalue weighted by Crippen LogP contribution is 2.37. The molecule has 0 aliphatic rings. The molecule has 10 heteroatoms. The van der Waals surface area contributed by atoms with Gasteiger partial charge in [0.25, 0.3) is 0 Å². The molecule has 1 atom stereocenters. The number of halogens is 3. The minimum Gasteiger partial charge on any atom is -0.493 e. The smallest absolute Gasteiger partial charge is 0.401 e. The summed E-state index contributed by atoms with van der Waals surface area (Å²) in [6, 6.07) is 15.2. The molecule has 196 valence electrons. The Morgan fingerprint density at radius 2 is 1.73 bits per heavy atom. The Kier molecular flexibility index (Phi) is 7.89. The van der Waals surface area contributed by atoms with Crippen LogP contribution in [0.1, 0.15) is 29.2 Å². The van der Waals surface area contributed by atoms with Gasteiger partial charge in [-0.25, -0.2) is 9.97 Å². The van der Waals surface area contributed by atoms with Gasteiger partial charge in [-0.3, -0.25) is 4.90 Å². The van der Waals surface area contributed by atoms with Gasteiger partial charge >= 0.3 is 6.18 Å². The summed E-state index contributed by atoms with van der Waals surface area (Å²) < 4.78 is 49.4. The van der Waals surface area contributed by atoms with Crippen LogP contribution < -0.4 is 14.8 Å². The third-order valence-electron chi connectivity index (χ3n) is 5.89. The second-order valence-electron chi connectivity index (χ2n) is 8.86. The molecule has 0 spiro atoms. The van der Waals surface area contributed by atoms with E-state index in [0.29, 0.717) is 23.1 Å². The minimum atomic E-state index is -4.24. The third-order valence-corrected chi connectivity index (χ3v) is 7.19. The largest absolute Gasteiger partial charge is 0.493 e. The standard InChI is InChI=1S/C27H29F3N4O2S/c1-16(31-26-20-12-22(35-4)23(36-5)13-21(20)32-17(2)33-26)24-10-11-25(37-24)19-9-7-6-8-18(19)14-34(3)15-27(28,29)30/h6-13,16H,14-15H2,1-5H3,(H,31,32,33). The zero-order chi connectivity index (χ0) is 26.7. The van der Waals surface area contributed by atoms with E-state index in [1.807, 2.05) is 62.4 Å². The number of hydrogen-bond donors (Lipinski definition) is 1. The van der Waals surface area contributed by atoms with Crippen molar-refractivity contribution in [1.82, 2.24) is 14.9 Å². The zero-order valence-corrected chi connectivity index (χ0v) is 22.1. The van der Waals surface area contributed by atoms with Crippen LogP contribution in [0, 0.1) is 6.92 Å². The quantitative estimate of drug-likeness (QED) is 0.255. The number of hydrogen-bond acceptors (Lipinski definition) is 7. The van der Waals surface area contributed by atoms with Crippen LogP contribution in [0.4, 0.5) is 19.0 Å². The SMILES string of the molecule is COc1cc2nc(C)nc(NC(C)c3ccc(-c4ccccc4CN(C)CC(F)(F)F)s3)c2cc1OC. The number of aromatic nitrogens is 2. The van der Waals surface area contributed by atoms with Crippen molar-refractivity contribution in [2.75, 3.05) is 33.1 Å². The molecule has 0 fully saturated rings. The van der Waals surface area contributed by atoms with E-state index in [1.165, 1.54) is 11.9 Å². The molecule has 1 N–H and O–H groups in total. The number of thiophene rings is 1. The lowest BCUT2D eigenvalue weighted by atomic mass is 10.1. The summed E-state index contributed by atoms with van der Waals surface area (Å²) in [5.41, 5.74) is 2.52. The van der Waals surface area contributed by atoms with Crippen LogP contribution in [0.3, 0.4) is 0 Å². The van der Waals surface area contributed by atoms with Crippen molar-refractivity contribution in [3.63, 3.8) is 0 Å². The zero-order valence-electron chi connectivity index (χ0n) is 21.3. The number of fused-ring (bicyclic) bond motifs is 1. The molecule has 0 aliphatic heterocycles. The molecule has 2 heterocycles. The van der Waals surface area contributed by atoms with E-state index in [-0.39, 0.29) is 12.6 Å². The Balaban J connectivity index is 1.59. The van der Waals surface area contributed by atoms with Crippen LogP contribution in [0.25, 0.3) is 21.3 Å². The summed E-state index contributed by atoms with van der Waals surface area (Å²) in [7, 11) is 4.65. The van der Waals surface area contributed by atoms with Gasteiger partial charge in [0.05, 0.1) is 32.3 Å². The van der Waals surface area contributed by atoms with Crippen LogP contribution in [0.5, 0.6) is 11.5 Å². The minimum absolute atomic E-state index is 0.0792. The van der Waals surface area contributed by atoms with Crippen molar-refractivity contribution >= 4 is 28.1 Å². The molecule has 0 amide bonds. The van der Waals surface area contributed by atoms with E-state index >= 15 is 0 Å². The molecule has 0 bridgehead atoms. The molecular weight excluding hydrogens is 501 g/mol. The number of methoxy groups -OCH3 is 2. The van der Waals surface area contributed by atoms with E-state index in [2.05, 4.69) is 15.3 Å². The second kappa shape index (κ2) is 10.9. The summed E-state index contributed by atoms with van der Waals surface area (Å²) in [6.07, 6.45) is -4.24. The highest BCUT2D eigenvalue weighted by molar-refractivity contribution is 7.15. The molecule has 1 unspecified atom stereocenters. The molecule has 6 nitrogen and oxygen atoms in total. The summed E-state index contributed by atoms with van der Waals surface area (Å²) in [4.78, 5) is 12.5. The van der Waals surface area contributed by atoms with Crippen LogP contribution in [0.15, 0.2) is 48.5 Å². The van der Waals surface area contributed by atoms with Crippen molar-refractivity contribution in [3.05, 3.63) is 64.8 Å². The molecule has 2 aromatic heterocycles. The van der Waals surface area contributed by atoms with Crippen molar-refractivity contribution in [2.24, 2.45) is 0 Å². The maximum atomic E-state index is 12.8. The van der Waals surface area contributed by atoms with E-state index in [4.69, 9.17) is 9.47 Å². The van der Waals surface area contributed by atoms with Gasteiger partial charge in [-0.15, -0.1) is 11.3 Å². The molecule has 4 rings (SSSR count). The molecule has 2 aromatic carbocycles. The fourth-order valence-corrected chi connectivity index (χ4v) is 5.31. The first-order chi connectivity index (χ1) is 17.6. The topological polar surface area (TPSA) is 59.5 Å². The number of benzene rings is 2. The third kappa shape index (κ3) is 6.31. The summed E-state index contributed by atoms with van der Waals surface area (Å²) >= 11 is 1.60. The van der Waals surface area contributed by atoms with Gasteiger partial charge in [0.2, 0.25) is 0 Å². The van der Waals surface area contributed by atoms with Gasteiger partial charge in [0.15, 0.2) is 11.5 Å². The second-order valence-corrected chi connectivity index (χ2v) is 9.97. The lowest BCUT2D eigenvalue weighted by molar-refractivity contribution is -0.144. The van der Waals surface area contributed by atoms with Gasteiger partial charge in [-0.05, 0) is 50.2 Å². The maximum Gasteiger partial charge on any atom is 0.401 e. The number of ether oxygens (including phenoxy) is 2. The monoisotopic (exact) mass is 530 g/mol. The highest BCUT2D eigenvalue weighted by atomic mass is 32.1. The molecule has 0 saturated heterocycles. The van der Waals surface area contributed by atoms with Gasteiger partial charge in [-0.1, -0.05) is 24.3 Å². The van der Waals surface area contributed by atoms with Crippen LogP contribution in [0.2, 0.25) is 0 Å². The first-order valence-electron chi connectivity index (χ1n) is 11.7. The number of anilines is 1.